The summed E-state index contributed by atoms with van der Waals surface area (Å²) in [5.74, 6) is 1.00. The third kappa shape index (κ3) is 2.77. The number of carbonyl (C=O) groups excluding carboxylic acids is 1. The van der Waals surface area contributed by atoms with E-state index in [0.717, 1.165) is 28.2 Å². The molecule has 0 aromatic heterocycles. The Labute approximate surface area is 169 Å². The van der Waals surface area contributed by atoms with Crippen molar-refractivity contribution in [2.45, 2.75) is 11.2 Å². The van der Waals surface area contributed by atoms with Crippen LogP contribution in [-0.2, 0) is 25.5 Å². The Hall–Kier alpha value is -3.31. The summed E-state index contributed by atoms with van der Waals surface area (Å²) in [6.45, 7) is 0. The molecular weight excluding hydrogens is 368 g/mol. The highest BCUT2D eigenvalue weighted by Gasteiger charge is 2.78. The summed E-state index contributed by atoms with van der Waals surface area (Å²) in [5, 5.41) is 0. The molecule has 0 saturated carbocycles. The molecule has 1 aliphatic rings. The molecule has 0 radical (unpaired) electrons. The van der Waals surface area contributed by atoms with Crippen molar-refractivity contribution < 1.29 is 23.7 Å². The van der Waals surface area contributed by atoms with Crippen LogP contribution in [0.1, 0.15) is 16.7 Å². The summed E-state index contributed by atoms with van der Waals surface area (Å²) in [5.41, 5.74) is 0.0838. The lowest BCUT2D eigenvalue weighted by Gasteiger charge is -2.20. The molecule has 5 nitrogen and oxygen atoms in total. The molecule has 0 bridgehead atoms. The number of esters is 1. The smallest absolute Gasteiger partial charge is 0.346 e. The number of hydrogen-bond donors (Lipinski definition) is 0. The maximum atomic E-state index is 13.1. The average Bonchev–Trinajstić information content (AvgIpc) is 3.52. The SMILES string of the molecule is COC(=O)C1(c2ccccc2)OC1(c1ccc(OC)cc1)c1ccc(OC)cc1. The normalized spacial score (nSPS) is 19.3. The van der Waals surface area contributed by atoms with E-state index in [2.05, 4.69) is 0 Å². The first kappa shape index (κ1) is 19.0. The van der Waals surface area contributed by atoms with Gasteiger partial charge in [0, 0.05) is 0 Å². The van der Waals surface area contributed by atoms with Gasteiger partial charge in [-0.15, -0.1) is 0 Å². The summed E-state index contributed by atoms with van der Waals surface area (Å²) in [6.07, 6.45) is 0. The van der Waals surface area contributed by atoms with Crippen LogP contribution in [0.2, 0.25) is 0 Å². The zero-order valence-corrected chi connectivity index (χ0v) is 16.5. The topological polar surface area (TPSA) is 57.3 Å². The molecule has 1 unspecified atom stereocenters. The van der Waals surface area contributed by atoms with Gasteiger partial charge in [-0.25, -0.2) is 4.79 Å². The molecular formula is C24H22O5. The minimum Gasteiger partial charge on any atom is -0.497 e. The highest BCUT2D eigenvalue weighted by molar-refractivity contribution is 5.88. The minimum absolute atomic E-state index is 0.449. The van der Waals surface area contributed by atoms with E-state index in [1.807, 2.05) is 78.9 Å². The molecule has 4 rings (SSSR count). The molecule has 0 amide bonds. The molecule has 148 valence electrons. The minimum atomic E-state index is -1.29. The number of epoxide rings is 1. The van der Waals surface area contributed by atoms with Gasteiger partial charge in [0.25, 0.3) is 0 Å². The second-order valence-corrected chi connectivity index (χ2v) is 6.78. The van der Waals surface area contributed by atoms with Gasteiger partial charge >= 0.3 is 5.97 Å². The van der Waals surface area contributed by atoms with Gasteiger partial charge in [-0.05, 0) is 41.0 Å². The molecule has 0 aliphatic carbocycles. The van der Waals surface area contributed by atoms with Gasteiger partial charge in [-0.1, -0.05) is 54.6 Å². The monoisotopic (exact) mass is 390 g/mol. The number of rotatable bonds is 6. The summed E-state index contributed by atoms with van der Waals surface area (Å²) in [6, 6.07) is 24.5. The van der Waals surface area contributed by atoms with Crippen molar-refractivity contribution in [3.05, 3.63) is 95.6 Å². The first-order chi connectivity index (χ1) is 14.1. The van der Waals surface area contributed by atoms with Crippen LogP contribution in [0.3, 0.4) is 0 Å². The Morgan fingerprint density at radius 1 is 0.690 bits per heavy atom. The maximum Gasteiger partial charge on any atom is 0.346 e. The van der Waals surface area contributed by atoms with Crippen LogP contribution in [0.5, 0.6) is 11.5 Å². The highest BCUT2D eigenvalue weighted by Crippen LogP contribution is 2.66. The number of benzene rings is 3. The molecule has 0 N–H and O–H groups in total. The van der Waals surface area contributed by atoms with Gasteiger partial charge in [0.15, 0.2) is 5.60 Å². The standard InChI is InChI=1S/C24H22O5/c1-26-20-13-9-18(10-14-20)23(19-11-15-21(27-2)16-12-19)24(29-23,22(25)28-3)17-7-5-4-6-8-17/h4-16H,1-3H3. The van der Waals surface area contributed by atoms with E-state index in [1.54, 1.807) is 14.2 Å². The van der Waals surface area contributed by atoms with Crippen molar-refractivity contribution in [1.82, 2.24) is 0 Å². The fraction of sp³-hybridized carbons (Fsp3) is 0.208. The Balaban J connectivity index is 1.94. The summed E-state index contributed by atoms with van der Waals surface area (Å²) < 4.78 is 22.2. The third-order valence-corrected chi connectivity index (χ3v) is 5.41. The molecule has 1 saturated heterocycles. The van der Waals surface area contributed by atoms with Crippen LogP contribution < -0.4 is 9.47 Å². The lowest BCUT2D eigenvalue weighted by atomic mass is 9.77. The van der Waals surface area contributed by atoms with Crippen molar-refractivity contribution in [3.8, 4) is 11.5 Å². The zero-order chi connectivity index (χ0) is 20.5. The number of ether oxygens (including phenoxy) is 4. The first-order valence-electron chi connectivity index (χ1n) is 9.25. The van der Waals surface area contributed by atoms with Gasteiger partial charge in [-0.2, -0.15) is 0 Å². The quantitative estimate of drug-likeness (QED) is 0.470. The lowest BCUT2D eigenvalue weighted by Crippen LogP contribution is -2.32. The van der Waals surface area contributed by atoms with Crippen LogP contribution in [-0.4, -0.2) is 27.3 Å². The molecule has 29 heavy (non-hydrogen) atoms. The average molecular weight is 390 g/mol. The van der Waals surface area contributed by atoms with Gasteiger partial charge in [0.2, 0.25) is 5.60 Å². The summed E-state index contributed by atoms with van der Waals surface area (Å²) >= 11 is 0. The van der Waals surface area contributed by atoms with E-state index in [1.165, 1.54) is 7.11 Å². The summed E-state index contributed by atoms with van der Waals surface area (Å²) in [4.78, 5) is 13.1. The fourth-order valence-corrected chi connectivity index (χ4v) is 3.93. The fourth-order valence-electron chi connectivity index (χ4n) is 3.93. The lowest BCUT2D eigenvalue weighted by molar-refractivity contribution is -0.147. The largest absolute Gasteiger partial charge is 0.497 e. The Bertz CT molecular complexity index is 948. The van der Waals surface area contributed by atoms with Crippen molar-refractivity contribution in [2.24, 2.45) is 0 Å². The Morgan fingerprint density at radius 2 is 1.17 bits per heavy atom. The number of hydrogen-bond acceptors (Lipinski definition) is 5. The van der Waals surface area contributed by atoms with Crippen molar-refractivity contribution >= 4 is 5.97 Å². The van der Waals surface area contributed by atoms with Crippen LogP contribution in [0.25, 0.3) is 0 Å². The molecule has 1 heterocycles. The molecule has 0 spiro atoms. The molecule has 5 heteroatoms. The van der Waals surface area contributed by atoms with Crippen LogP contribution in [0.15, 0.2) is 78.9 Å². The Morgan fingerprint density at radius 3 is 1.59 bits per heavy atom. The summed E-state index contributed by atoms with van der Waals surface area (Å²) in [7, 11) is 4.61. The van der Waals surface area contributed by atoms with Gasteiger partial charge in [-0.3, -0.25) is 0 Å². The predicted molar refractivity (Wildman–Crippen MR) is 108 cm³/mol. The van der Waals surface area contributed by atoms with Crippen LogP contribution in [0.4, 0.5) is 0 Å². The van der Waals surface area contributed by atoms with E-state index in [4.69, 9.17) is 18.9 Å². The highest BCUT2D eigenvalue weighted by atomic mass is 16.7. The van der Waals surface area contributed by atoms with E-state index in [-0.39, 0.29) is 0 Å². The van der Waals surface area contributed by atoms with Gasteiger partial charge < -0.3 is 18.9 Å². The van der Waals surface area contributed by atoms with Crippen molar-refractivity contribution in [1.29, 1.82) is 0 Å². The maximum absolute atomic E-state index is 13.1. The zero-order valence-electron chi connectivity index (χ0n) is 16.5. The van der Waals surface area contributed by atoms with Crippen LogP contribution in [0, 0.1) is 0 Å². The molecule has 1 aliphatic heterocycles. The van der Waals surface area contributed by atoms with E-state index >= 15 is 0 Å². The Kier molecular flexibility index (Phi) is 4.76. The van der Waals surface area contributed by atoms with E-state index in [9.17, 15) is 4.79 Å². The molecule has 3 aromatic rings. The number of methoxy groups -OCH3 is 3. The second-order valence-electron chi connectivity index (χ2n) is 6.78. The molecule has 3 aromatic carbocycles. The molecule has 1 atom stereocenters. The van der Waals surface area contributed by atoms with E-state index in [0.29, 0.717) is 0 Å². The van der Waals surface area contributed by atoms with Crippen molar-refractivity contribution in [2.75, 3.05) is 21.3 Å². The van der Waals surface area contributed by atoms with Crippen molar-refractivity contribution in [3.63, 3.8) is 0 Å². The third-order valence-electron chi connectivity index (χ3n) is 5.41. The van der Waals surface area contributed by atoms with Gasteiger partial charge in [0.05, 0.1) is 21.3 Å². The number of carbonyl (C=O) groups is 1. The molecule has 1 fully saturated rings. The van der Waals surface area contributed by atoms with Crippen LogP contribution >= 0.6 is 0 Å². The second kappa shape index (κ2) is 7.26. The first-order valence-corrected chi connectivity index (χ1v) is 9.25. The van der Waals surface area contributed by atoms with Gasteiger partial charge in [0.1, 0.15) is 11.5 Å². The van der Waals surface area contributed by atoms with E-state index < -0.39 is 17.2 Å². The predicted octanol–water partition coefficient (Wildman–Crippen LogP) is 4.05.